The van der Waals surface area contributed by atoms with Gasteiger partial charge < -0.3 is 10.6 Å². The summed E-state index contributed by atoms with van der Waals surface area (Å²) in [4.78, 5) is 34.0. The second-order valence-corrected chi connectivity index (χ2v) is 4.20. The number of primary amides is 1. The third-order valence-electron chi connectivity index (χ3n) is 2.95. The Balaban J connectivity index is 2.40. The summed E-state index contributed by atoms with van der Waals surface area (Å²) in [6, 6.07) is 2.90. The number of anilines is 1. The van der Waals surface area contributed by atoms with E-state index in [9.17, 15) is 24.1 Å². The average molecular weight is 267 g/mol. The fraction of sp³-hybridized carbons (Fsp3) is 0.273. The van der Waals surface area contributed by atoms with E-state index < -0.39 is 34.2 Å². The van der Waals surface area contributed by atoms with Gasteiger partial charge in [-0.1, -0.05) is 0 Å². The number of nitro groups is 1. The molecule has 1 aromatic carbocycles. The van der Waals surface area contributed by atoms with E-state index in [-0.39, 0.29) is 18.7 Å². The monoisotopic (exact) mass is 267 g/mol. The van der Waals surface area contributed by atoms with Crippen LogP contribution in [0.3, 0.4) is 0 Å². The van der Waals surface area contributed by atoms with Gasteiger partial charge in [-0.15, -0.1) is 0 Å². The van der Waals surface area contributed by atoms with Crippen LogP contribution in [0.15, 0.2) is 18.2 Å². The van der Waals surface area contributed by atoms with Crippen LogP contribution in [0.5, 0.6) is 0 Å². The first-order valence-corrected chi connectivity index (χ1v) is 5.43. The molecular formula is C11H10FN3O4. The largest absolute Gasteiger partial charge is 0.369 e. The molecule has 1 atom stereocenters. The Morgan fingerprint density at radius 1 is 1.53 bits per heavy atom. The van der Waals surface area contributed by atoms with Crippen LogP contribution < -0.4 is 10.6 Å². The lowest BCUT2D eigenvalue weighted by Crippen LogP contribution is -2.28. The molecule has 7 nitrogen and oxygen atoms in total. The maximum atomic E-state index is 13.0. The first kappa shape index (κ1) is 12.9. The molecule has 2 amide bonds. The predicted octanol–water partition coefficient (Wildman–Crippen LogP) is 0.572. The van der Waals surface area contributed by atoms with Crippen LogP contribution in [0, 0.1) is 21.8 Å². The van der Waals surface area contributed by atoms with Crippen LogP contribution in [-0.4, -0.2) is 23.3 Å². The zero-order chi connectivity index (χ0) is 14.2. The number of nitro benzene ring substituents is 1. The van der Waals surface area contributed by atoms with Crippen molar-refractivity contribution in [1.82, 2.24) is 0 Å². The van der Waals surface area contributed by atoms with Gasteiger partial charge in [-0.2, -0.15) is 0 Å². The number of benzene rings is 1. The maximum absolute atomic E-state index is 13.0. The molecule has 0 bridgehead atoms. The van der Waals surface area contributed by atoms with Crippen LogP contribution in [-0.2, 0) is 9.59 Å². The normalized spacial score (nSPS) is 18.7. The molecule has 0 spiro atoms. The quantitative estimate of drug-likeness (QED) is 0.638. The van der Waals surface area contributed by atoms with Crippen molar-refractivity contribution in [2.45, 2.75) is 6.42 Å². The highest BCUT2D eigenvalue weighted by Gasteiger charge is 2.36. The third kappa shape index (κ3) is 2.37. The average Bonchev–Trinajstić information content (AvgIpc) is 2.71. The molecule has 1 fully saturated rings. The van der Waals surface area contributed by atoms with Gasteiger partial charge in [0, 0.05) is 13.0 Å². The molecular weight excluding hydrogens is 257 g/mol. The van der Waals surface area contributed by atoms with Crippen molar-refractivity contribution in [3.8, 4) is 0 Å². The van der Waals surface area contributed by atoms with Crippen molar-refractivity contribution in [2.75, 3.05) is 11.4 Å². The van der Waals surface area contributed by atoms with Gasteiger partial charge in [-0.3, -0.25) is 19.7 Å². The fourth-order valence-corrected chi connectivity index (χ4v) is 2.00. The first-order valence-electron chi connectivity index (χ1n) is 5.43. The van der Waals surface area contributed by atoms with E-state index in [0.29, 0.717) is 0 Å². The molecule has 0 saturated carbocycles. The second-order valence-electron chi connectivity index (χ2n) is 4.20. The first-order chi connectivity index (χ1) is 8.90. The summed E-state index contributed by atoms with van der Waals surface area (Å²) >= 11 is 0. The predicted molar refractivity (Wildman–Crippen MR) is 62.7 cm³/mol. The molecule has 0 aliphatic carbocycles. The Labute approximate surface area is 106 Å². The smallest absolute Gasteiger partial charge is 0.295 e. The number of halogens is 1. The molecule has 19 heavy (non-hydrogen) atoms. The van der Waals surface area contributed by atoms with Crippen LogP contribution >= 0.6 is 0 Å². The highest BCUT2D eigenvalue weighted by molar-refractivity contribution is 6.01. The van der Waals surface area contributed by atoms with E-state index in [2.05, 4.69) is 0 Å². The van der Waals surface area contributed by atoms with Crippen LogP contribution in [0.25, 0.3) is 0 Å². The summed E-state index contributed by atoms with van der Waals surface area (Å²) in [6.45, 7) is -0.0271. The minimum absolute atomic E-state index is 0.0271. The van der Waals surface area contributed by atoms with E-state index in [1.165, 1.54) is 0 Å². The number of carbonyl (C=O) groups excluding carboxylic acids is 2. The lowest BCUT2D eigenvalue weighted by Gasteiger charge is -2.16. The summed E-state index contributed by atoms with van der Waals surface area (Å²) in [5.41, 5.74) is 4.57. The highest BCUT2D eigenvalue weighted by Crippen LogP contribution is 2.33. The SMILES string of the molecule is NC(=O)C1CC(=O)N(c2ccc(F)cc2[N+](=O)[O-])C1. The van der Waals surface area contributed by atoms with Gasteiger partial charge in [-0.05, 0) is 12.1 Å². The topological polar surface area (TPSA) is 107 Å². The summed E-state index contributed by atoms with van der Waals surface area (Å²) in [5, 5.41) is 10.9. The van der Waals surface area contributed by atoms with Gasteiger partial charge in [-0.25, -0.2) is 4.39 Å². The Kier molecular flexibility index (Phi) is 3.16. The van der Waals surface area contributed by atoms with Crippen molar-refractivity contribution in [3.63, 3.8) is 0 Å². The molecule has 100 valence electrons. The molecule has 0 aromatic heterocycles. The van der Waals surface area contributed by atoms with E-state index in [0.717, 1.165) is 23.1 Å². The summed E-state index contributed by atoms with van der Waals surface area (Å²) in [6.07, 6.45) is -0.0934. The molecule has 2 N–H and O–H groups in total. The molecule has 0 radical (unpaired) electrons. The molecule has 1 aliphatic rings. The number of nitrogens with two attached hydrogens (primary N) is 1. The molecule has 2 rings (SSSR count). The number of carbonyl (C=O) groups is 2. The summed E-state index contributed by atoms with van der Waals surface area (Å²) < 4.78 is 13.0. The van der Waals surface area contributed by atoms with Crippen molar-refractivity contribution >= 4 is 23.2 Å². The minimum Gasteiger partial charge on any atom is -0.369 e. The van der Waals surface area contributed by atoms with Crippen LogP contribution in [0.4, 0.5) is 15.8 Å². The Bertz CT molecular complexity index is 575. The molecule has 8 heteroatoms. The number of hydrogen-bond acceptors (Lipinski definition) is 4. The fourth-order valence-electron chi connectivity index (χ4n) is 2.00. The number of hydrogen-bond donors (Lipinski definition) is 1. The molecule has 1 heterocycles. The Morgan fingerprint density at radius 3 is 2.74 bits per heavy atom. The zero-order valence-corrected chi connectivity index (χ0v) is 9.71. The number of rotatable bonds is 3. The van der Waals surface area contributed by atoms with Gasteiger partial charge in [0.25, 0.3) is 5.69 Å². The van der Waals surface area contributed by atoms with Crippen LogP contribution in [0.2, 0.25) is 0 Å². The number of nitrogens with zero attached hydrogens (tertiary/aromatic N) is 2. The van der Waals surface area contributed by atoms with E-state index in [1.54, 1.807) is 0 Å². The summed E-state index contributed by atoms with van der Waals surface area (Å²) in [7, 11) is 0. The Hall–Kier alpha value is -2.51. The van der Waals surface area contributed by atoms with Crippen molar-refractivity contribution in [1.29, 1.82) is 0 Å². The number of amides is 2. The second kappa shape index (κ2) is 4.63. The lowest BCUT2D eigenvalue weighted by molar-refractivity contribution is -0.384. The van der Waals surface area contributed by atoms with Gasteiger partial charge in [0.05, 0.1) is 16.9 Å². The van der Waals surface area contributed by atoms with Crippen molar-refractivity contribution in [3.05, 3.63) is 34.1 Å². The Morgan fingerprint density at radius 2 is 2.21 bits per heavy atom. The van der Waals surface area contributed by atoms with E-state index >= 15 is 0 Å². The molecule has 1 aromatic rings. The maximum Gasteiger partial charge on any atom is 0.295 e. The van der Waals surface area contributed by atoms with E-state index in [1.807, 2.05) is 0 Å². The van der Waals surface area contributed by atoms with Crippen molar-refractivity contribution in [2.24, 2.45) is 11.7 Å². The highest BCUT2D eigenvalue weighted by atomic mass is 19.1. The van der Waals surface area contributed by atoms with Gasteiger partial charge in [0.1, 0.15) is 11.5 Å². The molecule has 1 aliphatic heterocycles. The van der Waals surface area contributed by atoms with E-state index in [4.69, 9.17) is 5.73 Å². The summed E-state index contributed by atoms with van der Waals surface area (Å²) in [5.74, 6) is -2.54. The zero-order valence-electron chi connectivity index (χ0n) is 9.71. The van der Waals surface area contributed by atoms with Gasteiger partial charge in [0.2, 0.25) is 11.8 Å². The third-order valence-corrected chi connectivity index (χ3v) is 2.95. The van der Waals surface area contributed by atoms with Crippen LogP contribution in [0.1, 0.15) is 6.42 Å². The van der Waals surface area contributed by atoms with Gasteiger partial charge in [0.15, 0.2) is 0 Å². The minimum atomic E-state index is -0.775. The van der Waals surface area contributed by atoms with Gasteiger partial charge >= 0.3 is 0 Å². The molecule has 1 saturated heterocycles. The van der Waals surface area contributed by atoms with Crippen molar-refractivity contribution < 1.29 is 18.9 Å². The molecule has 1 unspecified atom stereocenters. The standard InChI is InChI=1S/C11H10FN3O4/c12-7-1-2-8(9(4-7)15(18)19)14-5-6(11(13)17)3-10(14)16/h1-2,4,6H,3,5H2,(H2,13,17). The lowest BCUT2D eigenvalue weighted by atomic mass is 10.1.